The smallest absolute Gasteiger partial charge is 0.333 e. The molecule has 1 heterocycles. The van der Waals surface area contributed by atoms with Gasteiger partial charge in [-0.25, -0.2) is 4.79 Å². The van der Waals surface area contributed by atoms with Crippen molar-refractivity contribution in [3.05, 3.63) is 12.2 Å². The Bertz CT molecular complexity index is 362. The molecule has 3 unspecified atom stereocenters. The van der Waals surface area contributed by atoms with Crippen molar-refractivity contribution >= 4 is 11.9 Å². The van der Waals surface area contributed by atoms with E-state index in [0.717, 1.165) is 19.3 Å². The van der Waals surface area contributed by atoms with Crippen LogP contribution < -0.4 is 0 Å². The van der Waals surface area contributed by atoms with Gasteiger partial charge in [-0.1, -0.05) is 6.58 Å². The monoisotopic (exact) mass is 254 g/mol. The summed E-state index contributed by atoms with van der Waals surface area (Å²) < 4.78 is 15.8. The predicted molar refractivity (Wildman–Crippen MR) is 62.7 cm³/mol. The first-order valence-electron chi connectivity index (χ1n) is 6.22. The number of hydrogen-bond acceptors (Lipinski definition) is 5. The minimum Gasteiger partial charge on any atom is -0.460 e. The molecular formula is C13H18O5. The van der Waals surface area contributed by atoms with Crippen LogP contribution in [0.2, 0.25) is 0 Å². The van der Waals surface area contributed by atoms with Gasteiger partial charge < -0.3 is 14.2 Å². The molecule has 0 aromatic heterocycles. The number of carbonyl (C=O) groups is 2. The van der Waals surface area contributed by atoms with Gasteiger partial charge >= 0.3 is 11.9 Å². The Morgan fingerprint density at radius 3 is 2.94 bits per heavy atom. The molecule has 2 aliphatic rings. The van der Waals surface area contributed by atoms with Crippen LogP contribution in [0.5, 0.6) is 0 Å². The normalized spacial score (nSPS) is 29.8. The molecule has 0 amide bonds. The van der Waals surface area contributed by atoms with Crippen LogP contribution in [0.3, 0.4) is 0 Å². The van der Waals surface area contributed by atoms with Gasteiger partial charge in [-0.3, -0.25) is 4.79 Å². The lowest BCUT2D eigenvalue weighted by atomic mass is 9.88. The molecule has 2 bridgehead atoms. The van der Waals surface area contributed by atoms with Crippen molar-refractivity contribution in [1.82, 2.24) is 0 Å². The molecule has 0 spiro atoms. The van der Waals surface area contributed by atoms with E-state index in [-0.39, 0.29) is 30.7 Å². The quantitative estimate of drug-likeness (QED) is 0.419. The molecule has 0 radical (unpaired) electrons. The van der Waals surface area contributed by atoms with Gasteiger partial charge in [0.1, 0.15) is 12.7 Å². The minimum absolute atomic E-state index is 0.0590. The Morgan fingerprint density at radius 2 is 2.22 bits per heavy atom. The third kappa shape index (κ3) is 2.90. The summed E-state index contributed by atoms with van der Waals surface area (Å²) >= 11 is 0. The molecule has 2 fully saturated rings. The van der Waals surface area contributed by atoms with E-state index in [0.29, 0.717) is 12.2 Å². The van der Waals surface area contributed by atoms with Gasteiger partial charge in [-0.15, -0.1) is 0 Å². The number of carbonyl (C=O) groups excluding carboxylic acids is 2. The van der Waals surface area contributed by atoms with Crippen LogP contribution >= 0.6 is 0 Å². The molecule has 5 heteroatoms. The molecule has 0 N–H and O–H groups in total. The number of esters is 2. The van der Waals surface area contributed by atoms with E-state index >= 15 is 0 Å². The second-order valence-corrected chi connectivity index (χ2v) is 4.81. The van der Waals surface area contributed by atoms with E-state index < -0.39 is 5.97 Å². The SMILES string of the molecule is C=C(C)C(=O)OCCOC1CCC2CC1OC2=O. The van der Waals surface area contributed by atoms with E-state index in [1.54, 1.807) is 6.92 Å². The fraction of sp³-hybridized carbons (Fsp3) is 0.692. The fourth-order valence-electron chi connectivity index (χ4n) is 2.33. The minimum atomic E-state index is -0.408. The zero-order chi connectivity index (χ0) is 13.1. The topological polar surface area (TPSA) is 61.8 Å². The zero-order valence-electron chi connectivity index (χ0n) is 10.5. The fourth-order valence-corrected chi connectivity index (χ4v) is 2.33. The first-order valence-corrected chi connectivity index (χ1v) is 6.22. The second kappa shape index (κ2) is 5.52. The summed E-state index contributed by atoms with van der Waals surface area (Å²) in [5.74, 6) is -0.439. The molecule has 5 nitrogen and oxygen atoms in total. The third-order valence-corrected chi connectivity index (χ3v) is 3.33. The number of fused-ring (bicyclic) bond motifs is 2. The second-order valence-electron chi connectivity index (χ2n) is 4.81. The molecular weight excluding hydrogens is 236 g/mol. The van der Waals surface area contributed by atoms with Crippen molar-refractivity contribution in [3.8, 4) is 0 Å². The Hall–Kier alpha value is -1.36. The van der Waals surface area contributed by atoms with Crippen LogP contribution in [-0.4, -0.2) is 37.4 Å². The Labute approximate surface area is 106 Å². The maximum atomic E-state index is 11.3. The molecule has 100 valence electrons. The molecule has 0 aromatic carbocycles. The van der Waals surface area contributed by atoms with Gasteiger partial charge in [-0.2, -0.15) is 0 Å². The number of rotatable bonds is 5. The average molecular weight is 254 g/mol. The highest BCUT2D eigenvalue weighted by Crippen LogP contribution is 2.35. The standard InChI is InChI=1S/C13H18O5/c1-8(2)12(14)17-6-5-16-10-4-3-9-7-11(10)18-13(9)15/h9-11H,1,3-7H2,2H3. The van der Waals surface area contributed by atoms with E-state index in [4.69, 9.17) is 14.2 Å². The lowest BCUT2D eigenvalue weighted by Gasteiger charge is -2.25. The summed E-state index contributed by atoms with van der Waals surface area (Å²) in [5, 5.41) is 0. The molecule has 1 aliphatic carbocycles. The summed E-state index contributed by atoms with van der Waals surface area (Å²) in [6, 6.07) is 0. The van der Waals surface area contributed by atoms with Gasteiger partial charge in [-0.05, 0) is 19.8 Å². The van der Waals surface area contributed by atoms with Crippen LogP contribution in [0.25, 0.3) is 0 Å². The Morgan fingerprint density at radius 1 is 1.44 bits per heavy atom. The van der Waals surface area contributed by atoms with Crippen LogP contribution in [-0.2, 0) is 23.8 Å². The van der Waals surface area contributed by atoms with Gasteiger partial charge in [0.2, 0.25) is 0 Å². The summed E-state index contributed by atoms with van der Waals surface area (Å²) in [7, 11) is 0. The predicted octanol–water partition coefficient (Wildman–Crippen LogP) is 1.22. The highest BCUT2D eigenvalue weighted by atomic mass is 16.6. The summed E-state index contributed by atoms with van der Waals surface area (Å²) in [4.78, 5) is 22.5. The van der Waals surface area contributed by atoms with Crippen LogP contribution in [0.1, 0.15) is 26.2 Å². The van der Waals surface area contributed by atoms with Crippen LogP contribution in [0, 0.1) is 5.92 Å². The van der Waals surface area contributed by atoms with Crippen molar-refractivity contribution in [3.63, 3.8) is 0 Å². The van der Waals surface area contributed by atoms with Gasteiger partial charge in [0.15, 0.2) is 0 Å². The summed E-state index contributed by atoms with van der Waals surface area (Å²) in [6.07, 6.45) is 2.24. The van der Waals surface area contributed by atoms with Crippen molar-refractivity contribution in [2.24, 2.45) is 5.92 Å². The van der Waals surface area contributed by atoms with E-state index in [1.165, 1.54) is 0 Å². The van der Waals surface area contributed by atoms with Crippen molar-refractivity contribution < 1.29 is 23.8 Å². The first-order chi connectivity index (χ1) is 8.58. The van der Waals surface area contributed by atoms with Crippen molar-refractivity contribution in [1.29, 1.82) is 0 Å². The van der Waals surface area contributed by atoms with Crippen LogP contribution in [0.15, 0.2) is 12.2 Å². The number of hydrogen-bond donors (Lipinski definition) is 0. The van der Waals surface area contributed by atoms with Gasteiger partial charge in [0, 0.05) is 12.0 Å². The van der Waals surface area contributed by atoms with Crippen molar-refractivity contribution in [2.45, 2.75) is 38.4 Å². The molecule has 1 saturated carbocycles. The maximum absolute atomic E-state index is 11.3. The molecule has 1 saturated heterocycles. The molecule has 2 rings (SSSR count). The van der Waals surface area contributed by atoms with Crippen LogP contribution in [0.4, 0.5) is 0 Å². The van der Waals surface area contributed by atoms with E-state index in [9.17, 15) is 9.59 Å². The Balaban J connectivity index is 1.67. The zero-order valence-corrected chi connectivity index (χ0v) is 10.5. The lowest BCUT2D eigenvalue weighted by Crippen LogP contribution is -2.32. The van der Waals surface area contributed by atoms with Gasteiger partial charge in [0.25, 0.3) is 0 Å². The highest BCUT2D eigenvalue weighted by Gasteiger charge is 2.43. The lowest BCUT2D eigenvalue weighted by molar-refractivity contribution is -0.148. The maximum Gasteiger partial charge on any atom is 0.333 e. The molecule has 3 atom stereocenters. The summed E-state index contributed by atoms with van der Waals surface area (Å²) in [6.45, 7) is 5.61. The molecule has 1 aliphatic heterocycles. The Kier molecular flexibility index (Phi) is 4.01. The van der Waals surface area contributed by atoms with E-state index in [1.807, 2.05) is 0 Å². The molecule has 0 aromatic rings. The first kappa shape index (κ1) is 13.1. The summed E-state index contributed by atoms with van der Waals surface area (Å²) in [5.41, 5.74) is 0.375. The average Bonchev–Trinajstić information content (AvgIpc) is 2.63. The third-order valence-electron chi connectivity index (χ3n) is 3.33. The number of ether oxygens (including phenoxy) is 3. The largest absolute Gasteiger partial charge is 0.460 e. The highest BCUT2D eigenvalue weighted by molar-refractivity contribution is 5.86. The van der Waals surface area contributed by atoms with Crippen molar-refractivity contribution in [2.75, 3.05) is 13.2 Å². The molecule has 18 heavy (non-hydrogen) atoms. The van der Waals surface area contributed by atoms with Gasteiger partial charge in [0.05, 0.1) is 18.6 Å². The van der Waals surface area contributed by atoms with E-state index in [2.05, 4.69) is 6.58 Å².